The number of nitrogens with one attached hydrogen (secondary N) is 1. The number of hydrogen-bond acceptors (Lipinski definition) is 4. The van der Waals surface area contributed by atoms with Crippen LogP contribution in [0.1, 0.15) is 21.7 Å². The number of aryl methyl sites for hydroxylation is 2. The molecule has 0 aliphatic heterocycles. The molecule has 1 amide bonds. The number of pyridine rings is 1. The standard InChI is InChI=1S/C12H11ClN4O/c1-7-6-10(13)16-12(15-7)17-11(18)9-4-3-5-14-8(9)2/h3-6H,1-2H3,(H,15,16,17,18). The van der Waals surface area contributed by atoms with Gasteiger partial charge in [0.1, 0.15) is 5.15 Å². The van der Waals surface area contributed by atoms with Gasteiger partial charge in [0, 0.05) is 17.6 Å². The molecule has 0 unspecified atom stereocenters. The first-order chi connectivity index (χ1) is 8.56. The molecule has 92 valence electrons. The van der Waals surface area contributed by atoms with Gasteiger partial charge in [0.05, 0.1) is 5.56 Å². The van der Waals surface area contributed by atoms with Crippen molar-refractivity contribution in [3.05, 3.63) is 46.5 Å². The topological polar surface area (TPSA) is 67.8 Å². The van der Waals surface area contributed by atoms with Crippen molar-refractivity contribution < 1.29 is 4.79 Å². The quantitative estimate of drug-likeness (QED) is 0.844. The third-order valence-corrected chi connectivity index (χ3v) is 2.49. The molecule has 0 aliphatic rings. The van der Waals surface area contributed by atoms with E-state index in [1.54, 1.807) is 38.2 Å². The molecule has 0 aromatic carbocycles. The number of rotatable bonds is 2. The van der Waals surface area contributed by atoms with Gasteiger partial charge in [0.25, 0.3) is 5.91 Å². The fraction of sp³-hybridized carbons (Fsp3) is 0.167. The molecule has 0 saturated carbocycles. The second-order valence-corrected chi connectivity index (χ2v) is 4.13. The Hall–Kier alpha value is -2.01. The second kappa shape index (κ2) is 5.10. The molecule has 2 rings (SSSR count). The van der Waals surface area contributed by atoms with Gasteiger partial charge in [-0.3, -0.25) is 15.1 Å². The summed E-state index contributed by atoms with van der Waals surface area (Å²) < 4.78 is 0. The number of nitrogens with zero attached hydrogens (tertiary/aromatic N) is 3. The van der Waals surface area contributed by atoms with E-state index in [2.05, 4.69) is 20.3 Å². The van der Waals surface area contributed by atoms with Crippen molar-refractivity contribution in [3.63, 3.8) is 0 Å². The zero-order valence-electron chi connectivity index (χ0n) is 9.94. The lowest BCUT2D eigenvalue weighted by Gasteiger charge is -2.06. The summed E-state index contributed by atoms with van der Waals surface area (Å²) in [6.07, 6.45) is 1.63. The van der Waals surface area contributed by atoms with Crippen molar-refractivity contribution in [1.29, 1.82) is 0 Å². The highest BCUT2D eigenvalue weighted by Crippen LogP contribution is 2.11. The Balaban J connectivity index is 2.24. The Morgan fingerprint density at radius 3 is 2.78 bits per heavy atom. The normalized spacial score (nSPS) is 10.2. The van der Waals surface area contributed by atoms with Crippen LogP contribution in [0.15, 0.2) is 24.4 Å². The minimum Gasteiger partial charge on any atom is -0.290 e. The van der Waals surface area contributed by atoms with Crippen LogP contribution in [0.4, 0.5) is 5.95 Å². The molecule has 1 N–H and O–H groups in total. The van der Waals surface area contributed by atoms with Crippen molar-refractivity contribution in [2.24, 2.45) is 0 Å². The molecule has 0 radical (unpaired) electrons. The van der Waals surface area contributed by atoms with Crippen LogP contribution in [0.25, 0.3) is 0 Å². The Bertz CT molecular complexity index is 580. The number of anilines is 1. The predicted molar refractivity (Wildman–Crippen MR) is 68.7 cm³/mol. The minimum atomic E-state index is -0.303. The van der Waals surface area contributed by atoms with E-state index in [4.69, 9.17) is 11.6 Å². The summed E-state index contributed by atoms with van der Waals surface area (Å²) in [6, 6.07) is 5.01. The van der Waals surface area contributed by atoms with E-state index in [1.165, 1.54) is 0 Å². The first-order valence-corrected chi connectivity index (χ1v) is 5.68. The Morgan fingerprint density at radius 2 is 2.11 bits per heavy atom. The fourth-order valence-electron chi connectivity index (χ4n) is 1.48. The molecule has 2 aromatic heterocycles. The number of carbonyl (C=O) groups excluding carboxylic acids is 1. The van der Waals surface area contributed by atoms with Crippen molar-refractivity contribution in [1.82, 2.24) is 15.0 Å². The summed E-state index contributed by atoms with van der Waals surface area (Å²) in [4.78, 5) is 24.0. The maximum atomic E-state index is 12.0. The Morgan fingerprint density at radius 1 is 1.33 bits per heavy atom. The smallest absolute Gasteiger partial charge is 0.259 e. The zero-order valence-corrected chi connectivity index (χ0v) is 10.7. The third-order valence-electron chi connectivity index (χ3n) is 2.30. The van der Waals surface area contributed by atoms with E-state index >= 15 is 0 Å². The molecule has 0 bridgehead atoms. The molecule has 2 aromatic rings. The molecular weight excluding hydrogens is 252 g/mol. The van der Waals surface area contributed by atoms with E-state index < -0.39 is 0 Å². The molecule has 0 saturated heterocycles. The van der Waals surface area contributed by atoms with Gasteiger partial charge < -0.3 is 0 Å². The molecule has 0 spiro atoms. The van der Waals surface area contributed by atoms with Crippen LogP contribution in [0.3, 0.4) is 0 Å². The first kappa shape index (κ1) is 12.4. The highest BCUT2D eigenvalue weighted by molar-refractivity contribution is 6.29. The van der Waals surface area contributed by atoms with Crippen LogP contribution < -0.4 is 5.32 Å². The number of aromatic nitrogens is 3. The summed E-state index contributed by atoms with van der Waals surface area (Å²) >= 11 is 5.80. The summed E-state index contributed by atoms with van der Waals surface area (Å²) in [5.41, 5.74) is 1.82. The lowest BCUT2D eigenvalue weighted by molar-refractivity contribution is 0.102. The van der Waals surface area contributed by atoms with E-state index in [1.807, 2.05) is 0 Å². The molecule has 2 heterocycles. The highest BCUT2D eigenvalue weighted by atomic mass is 35.5. The minimum absolute atomic E-state index is 0.188. The van der Waals surface area contributed by atoms with Crippen LogP contribution in [0.2, 0.25) is 5.15 Å². The lowest BCUT2D eigenvalue weighted by Crippen LogP contribution is -2.16. The molecule has 0 fully saturated rings. The summed E-state index contributed by atoms with van der Waals surface area (Å²) in [5, 5.41) is 2.89. The van der Waals surface area contributed by atoms with E-state index in [0.717, 1.165) is 0 Å². The van der Waals surface area contributed by atoms with Gasteiger partial charge in [-0.25, -0.2) is 9.97 Å². The van der Waals surface area contributed by atoms with Gasteiger partial charge in [-0.2, -0.15) is 0 Å². The average molecular weight is 263 g/mol. The largest absolute Gasteiger partial charge is 0.290 e. The molecule has 0 atom stereocenters. The van der Waals surface area contributed by atoms with Gasteiger partial charge in [-0.15, -0.1) is 0 Å². The van der Waals surface area contributed by atoms with Crippen LogP contribution in [0, 0.1) is 13.8 Å². The van der Waals surface area contributed by atoms with Gasteiger partial charge in [-0.1, -0.05) is 11.6 Å². The molecule has 5 nitrogen and oxygen atoms in total. The second-order valence-electron chi connectivity index (χ2n) is 3.75. The number of carbonyl (C=O) groups is 1. The van der Waals surface area contributed by atoms with Crippen molar-refractivity contribution in [3.8, 4) is 0 Å². The van der Waals surface area contributed by atoms with Gasteiger partial charge in [0.2, 0.25) is 5.95 Å². The van der Waals surface area contributed by atoms with Crippen LogP contribution in [-0.4, -0.2) is 20.9 Å². The van der Waals surface area contributed by atoms with Gasteiger partial charge in [0.15, 0.2) is 0 Å². The van der Waals surface area contributed by atoms with Crippen molar-refractivity contribution in [2.45, 2.75) is 13.8 Å². The lowest BCUT2D eigenvalue weighted by atomic mass is 10.2. The van der Waals surface area contributed by atoms with Crippen molar-refractivity contribution in [2.75, 3.05) is 5.32 Å². The van der Waals surface area contributed by atoms with E-state index in [-0.39, 0.29) is 11.9 Å². The van der Waals surface area contributed by atoms with E-state index in [9.17, 15) is 4.79 Å². The van der Waals surface area contributed by atoms with Crippen LogP contribution in [-0.2, 0) is 0 Å². The first-order valence-electron chi connectivity index (χ1n) is 5.30. The number of hydrogen-bond donors (Lipinski definition) is 1. The van der Waals surface area contributed by atoms with Crippen molar-refractivity contribution >= 4 is 23.5 Å². The molecule has 18 heavy (non-hydrogen) atoms. The number of amides is 1. The third kappa shape index (κ3) is 2.81. The molecular formula is C12H11ClN4O. The predicted octanol–water partition coefficient (Wildman–Crippen LogP) is 2.39. The zero-order chi connectivity index (χ0) is 13.1. The monoisotopic (exact) mass is 262 g/mol. The highest BCUT2D eigenvalue weighted by Gasteiger charge is 2.11. The Labute approximate surface area is 109 Å². The maximum Gasteiger partial charge on any atom is 0.259 e. The van der Waals surface area contributed by atoms with Crippen LogP contribution >= 0.6 is 11.6 Å². The summed E-state index contributed by atoms with van der Waals surface area (Å²) in [6.45, 7) is 3.54. The summed E-state index contributed by atoms with van der Waals surface area (Å²) in [5.74, 6) is -0.115. The molecule has 0 aliphatic carbocycles. The van der Waals surface area contributed by atoms with Gasteiger partial charge >= 0.3 is 0 Å². The summed E-state index contributed by atoms with van der Waals surface area (Å²) in [7, 11) is 0. The maximum absolute atomic E-state index is 12.0. The number of halogens is 1. The SMILES string of the molecule is Cc1cc(Cl)nc(NC(=O)c2cccnc2C)n1. The fourth-order valence-corrected chi connectivity index (χ4v) is 1.72. The van der Waals surface area contributed by atoms with Gasteiger partial charge in [-0.05, 0) is 32.0 Å². The molecule has 6 heteroatoms. The average Bonchev–Trinajstić information content (AvgIpc) is 2.27. The Kier molecular flexibility index (Phi) is 3.53. The van der Waals surface area contributed by atoms with E-state index in [0.29, 0.717) is 22.1 Å². The van der Waals surface area contributed by atoms with Crippen LogP contribution in [0.5, 0.6) is 0 Å².